The summed E-state index contributed by atoms with van der Waals surface area (Å²) >= 11 is 0. The van der Waals surface area contributed by atoms with Crippen molar-refractivity contribution < 1.29 is 5.11 Å². The quantitative estimate of drug-likeness (QED) is 0.722. The van der Waals surface area contributed by atoms with Crippen molar-refractivity contribution in [3.8, 4) is 0 Å². The van der Waals surface area contributed by atoms with Gasteiger partial charge >= 0.3 is 0 Å². The SMILES string of the molecule is Cc1cccc(N)c1NCc1cccc(CO)c1. The summed E-state index contributed by atoms with van der Waals surface area (Å²) in [4.78, 5) is 0. The summed E-state index contributed by atoms with van der Waals surface area (Å²) in [6.07, 6.45) is 0. The third-order valence-corrected chi connectivity index (χ3v) is 2.95. The minimum atomic E-state index is 0.0698. The molecule has 0 radical (unpaired) electrons. The van der Waals surface area contributed by atoms with E-state index in [1.165, 1.54) is 0 Å². The molecule has 2 aromatic rings. The molecule has 0 aromatic heterocycles. The molecule has 0 spiro atoms. The van der Waals surface area contributed by atoms with Crippen molar-refractivity contribution in [2.75, 3.05) is 11.1 Å². The molecule has 2 aromatic carbocycles. The van der Waals surface area contributed by atoms with Crippen molar-refractivity contribution in [1.29, 1.82) is 0 Å². The van der Waals surface area contributed by atoms with Gasteiger partial charge in [-0.25, -0.2) is 0 Å². The first-order valence-electron chi connectivity index (χ1n) is 5.98. The lowest BCUT2D eigenvalue weighted by molar-refractivity contribution is 0.281. The average molecular weight is 242 g/mol. The highest BCUT2D eigenvalue weighted by molar-refractivity contribution is 5.69. The number of hydrogen-bond acceptors (Lipinski definition) is 3. The van der Waals surface area contributed by atoms with Gasteiger partial charge in [-0.15, -0.1) is 0 Å². The second kappa shape index (κ2) is 5.56. The number of para-hydroxylation sites is 1. The molecule has 94 valence electrons. The van der Waals surface area contributed by atoms with E-state index in [9.17, 15) is 0 Å². The van der Waals surface area contributed by atoms with Gasteiger partial charge in [0.2, 0.25) is 0 Å². The van der Waals surface area contributed by atoms with E-state index in [0.717, 1.165) is 28.1 Å². The lowest BCUT2D eigenvalue weighted by Crippen LogP contribution is -2.04. The Kier molecular flexibility index (Phi) is 3.85. The van der Waals surface area contributed by atoms with Crippen molar-refractivity contribution >= 4 is 11.4 Å². The first kappa shape index (κ1) is 12.5. The number of anilines is 2. The van der Waals surface area contributed by atoms with E-state index in [1.807, 2.05) is 49.4 Å². The Bertz CT molecular complexity index is 518. The molecule has 0 aliphatic rings. The highest BCUT2D eigenvalue weighted by Gasteiger charge is 2.02. The number of hydrogen-bond donors (Lipinski definition) is 3. The summed E-state index contributed by atoms with van der Waals surface area (Å²) in [7, 11) is 0. The van der Waals surface area contributed by atoms with E-state index in [0.29, 0.717) is 6.54 Å². The van der Waals surface area contributed by atoms with Gasteiger partial charge < -0.3 is 16.2 Å². The monoisotopic (exact) mass is 242 g/mol. The van der Waals surface area contributed by atoms with Gasteiger partial charge in [-0.2, -0.15) is 0 Å². The Balaban J connectivity index is 2.11. The van der Waals surface area contributed by atoms with Gasteiger partial charge in [0.05, 0.1) is 18.0 Å². The fraction of sp³-hybridized carbons (Fsp3) is 0.200. The molecule has 0 atom stereocenters. The van der Waals surface area contributed by atoms with Gasteiger partial charge in [-0.05, 0) is 29.7 Å². The molecular weight excluding hydrogens is 224 g/mol. The highest BCUT2D eigenvalue weighted by Crippen LogP contribution is 2.23. The number of nitrogens with one attached hydrogen (secondary N) is 1. The molecule has 4 N–H and O–H groups in total. The molecule has 18 heavy (non-hydrogen) atoms. The Labute approximate surface area is 107 Å². The predicted octanol–water partition coefficient (Wildman–Crippen LogP) is 2.68. The zero-order chi connectivity index (χ0) is 13.0. The van der Waals surface area contributed by atoms with Crippen LogP contribution in [0.15, 0.2) is 42.5 Å². The van der Waals surface area contributed by atoms with Crippen LogP contribution in [0.4, 0.5) is 11.4 Å². The first-order chi connectivity index (χ1) is 8.70. The van der Waals surface area contributed by atoms with Gasteiger partial charge in [0.1, 0.15) is 0 Å². The van der Waals surface area contributed by atoms with E-state index < -0.39 is 0 Å². The number of aliphatic hydroxyl groups is 1. The van der Waals surface area contributed by atoms with E-state index >= 15 is 0 Å². The van der Waals surface area contributed by atoms with Crippen LogP contribution in [-0.4, -0.2) is 5.11 Å². The molecule has 0 fully saturated rings. The van der Waals surface area contributed by atoms with Crippen molar-refractivity contribution in [3.63, 3.8) is 0 Å². The first-order valence-corrected chi connectivity index (χ1v) is 5.98. The minimum absolute atomic E-state index is 0.0698. The second-order valence-electron chi connectivity index (χ2n) is 4.37. The average Bonchev–Trinajstić information content (AvgIpc) is 2.38. The van der Waals surface area contributed by atoms with Crippen LogP contribution in [0.5, 0.6) is 0 Å². The molecule has 0 saturated heterocycles. The fourth-order valence-corrected chi connectivity index (χ4v) is 1.96. The van der Waals surface area contributed by atoms with Gasteiger partial charge in [0.25, 0.3) is 0 Å². The molecule has 0 saturated carbocycles. The molecule has 0 aliphatic heterocycles. The summed E-state index contributed by atoms with van der Waals surface area (Å²) < 4.78 is 0. The Morgan fingerprint density at radius 2 is 1.83 bits per heavy atom. The van der Waals surface area contributed by atoms with Gasteiger partial charge in [0, 0.05) is 6.54 Å². The predicted molar refractivity (Wildman–Crippen MR) is 75.3 cm³/mol. The molecule has 2 rings (SSSR count). The van der Waals surface area contributed by atoms with Crippen molar-refractivity contribution in [1.82, 2.24) is 0 Å². The van der Waals surface area contributed by atoms with Crippen LogP contribution in [-0.2, 0) is 13.2 Å². The van der Waals surface area contributed by atoms with Crippen molar-refractivity contribution in [2.24, 2.45) is 0 Å². The number of nitrogen functional groups attached to an aromatic ring is 1. The minimum Gasteiger partial charge on any atom is -0.397 e. The Hall–Kier alpha value is -2.00. The van der Waals surface area contributed by atoms with Crippen LogP contribution < -0.4 is 11.1 Å². The molecule has 3 heteroatoms. The summed E-state index contributed by atoms with van der Waals surface area (Å²) in [5, 5.41) is 12.4. The standard InChI is InChI=1S/C15H18N2O/c1-11-4-2-7-14(16)15(11)17-9-12-5-3-6-13(8-12)10-18/h2-8,17-18H,9-10,16H2,1H3. The molecular formula is C15H18N2O. The lowest BCUT2D eigenvalue weighted by Gasteiger charge is -2.12. The molecule has 0 unspecified atom stereocenters. The van der Waals surface area contributed by atoms with Crippen LogP contribution in [0.25, 0.3) is 0 Å². The third kappa shape index (κ3) is 2.81. The van der Waals surface area contributed by atoms with Crippen LogP contribution in [0.1, 0.15) is 16.7 Å². The third-order valence-electron chi connectivity index (χ3n) is 2.95. The molecule has 0 bridgehead atoms. The van der Waals surface area contributed by atoms with E-state index in [1.54, 1.807) is 0 Å². The molecule has 3 nitrogen and oxygen atoms in total. The molecule has 0 heterocycles. The summed E-state index contributed by atoms with van der Waals surface area (Å²) in [5.41, 5.74) is 10.9. The fourth-order valence-electron chi connectivity index (χ4n) is 1.96. The highest BCUT2D eigenvalue weighted by atomic mass is 16.3. The summed E-state index contributed by atoms with van der Waals surface area (Å²) in [6, 6.07) is 13.7. The summed E-state index contributed by atoms with van der Waals surface area (Å²) in [6.45, 7) is 2.80. The molecule has 0 amide bonds. The second-order valence-corrected chi connectivity index (χ2v) is 4.37. The zero-order valence-corrected chi connectivity index (χ0v) is 10.5. The number of aliphatic hydroxyl groups excluding tert-OH is 1. The van der Waals surface area contributed by atoms with Gasteiger partial charge in [-0.1, -0.05) is 36.4 Å². The topological polar surface area (TPSA) is 58.3 Å². The number of benzene rings is 2. The summed E-state index contributed by atoms with van der Waals surface area (Å²) in [5.74, 6) is 0. The van der Waals surface area contributed by atoms with Crippen LogP contribution >= 0.6 is 0 Å². The van der Waals surface area contributed by atoms with Gasteiger partial charge in [0.15, 0.2) is 0 Å². The largest absolute Gasteiger partial charge is 0.397 e. The van der Waals surface area contributed by atoms with Crippen molar-refractivity contribution in [2.45, 2.75) is 20.1 Å². The Morgan fingerprint density at radius 3 is 2.56 bits per heavy atom. The molecule has 0 aliphatic carbocycles. The normalized spacial score (nSPS) is 10.3. The zero-order valence-electron chi connectivity index (χ0n) is 10.5. The smallest absolute Gasteiger partial charge is 0.0681 e. The van der Waals surface area contributed by atoms with Gasteiger partial charge in [-0.3, -0.25) is 0 Å². The van der Waals surface area contributed by atoms with Crippen LogP contribution in [0, 0.1) is 6.92 Å². The maximum absolute atomic E-state index is 9.10. The van der Waals surface area contributed by atoms with E-state index in [2.05, 4.69) is 5.32 Å². The van der Waals surface area contributed by atoms with E-state index in [4.69, 9.17) is 10.8 Å². The Morgan fingerprint density at radius 1 is 1.11 bits per heavy atom. The number of rotatable bonds is 4. The van der Waals surface area contributed by atoms with E-state index in [-0.39, 0.29) is 6.61 Å². The maximum atomic E-state index is 9.10. The lowest BCUT2D eigenvalue weighted by atomic mass is 10.1. The number of nitrogens with two attached hydrogens (primary N) is 1. The van der Waals surface area contributed by atoms with Crippen LogP contribution in [0.2, 0.25) is 0 Å². The van der Waals surface area contributed by atoms with Crippen molar-refractivity contribution in [3.05, 3.63) is 59.2 Å². The van der Waals surface area contributed by atoms with Crippen LogP contribution in [0.3, 0.4) is 0 Å². The number of aryl methyl sites for hydroxylation is 1. The maximum Gasteiger partial charge on any atom is 0.0681 e.